The van der Waals surface area contributed by atoms with Crippen LogP contribution in [0, 0.1) is 0 Å². The fourth-order valence-corrected chi connectivity index (χ4v) is 1.46. The number of carbonyl (C=O) groups excluding carboxylic acids is 1. The minimum absolute atomic E-state index is 0.107. The summed E-state index contributed by atoms with van der Waals surface area (Å²) < 4.78 is 5.12. The van der Waals surface area contributed by atoms with Gasteiger partial charge in [-0.05, 0) is 18.4 Å². The fraction of sp³-hybridized carbons (Fsp3) is 0.357. The summed E-state index contributed by atoms with van der Waals surface area (Å²) in [5.74, 6) is 0. The van der Waals surface area contributed by atoms with Gasteiger partial charge in [0.2, 0.25) is 0 Å². The Morgan fingerprint density at radius 2 is 2.18 bits per heavy atom. The Morgan fingerprint density at radius 3 is 2.76 bits per heavy atom. The van der Waals surface area contributed by atoms with Gasteiger partial charge in [-0.1, -0.05) is 43.3 Å². The Morgan fingerprint density at radius 1 is 1.47 bits per heavy atom. The van der Waals surface area contributed by atoms with Crippen LogP contribution in [0.4, 0.5) is 4.79 Å². The molecule has 0 radical (unpaired) electrons. The van der Waals surface area contributed by atoms with E-state index in [4.69, 9.17) is 4.74 Å². The van der Waals surface area contributed by atoms with Crippen LogP contribution in [0.1, 0.15) is 25.3 Å². The summed E-state index contributed by atoms with van der Waals surface area (Å²) in [7, 11) is 0. The molecule has 1 rings (SSSR count). The lowest BCUT2D eigenvalue weighted by Crippen LogP contribution is -2.34. The van der Waals surface area contributed by atoms with E-state index in [2.05, 4.69) is 11.9 Å². The third-order valence-electron chi connectivity index (χ3n) is 2.48. The van der Waals surface area contributed by atoms with Crippen LogP contribution in [-0.2, 0) is 11.3 Å². The molecule has 1 aromatic carbocycles. The molecule has 0 unspecified atom stereocenters. The van der Waals surface area contributed by atoms with E-state index < -0.39 is 0 Å². The van der Waals surface area contributed by atoms with Gasteiger partial charge in [0.25, 0.3) is 0 Å². The summed E-state index contributed by atoms with van der Waals surface area (Å²) in [6.07, 6.45) is 3.05. The molecule has 0 aromatic heterocycles. The molecule has 0 bridgehead atoms. The molecule has 3 nitrogen and oxygen atoms in total. The first-order chi connectivity index (χ1) is 8.26. The van der Waals surface area contributed by atoms with Crippen LogP contribution in [-0.4, -0.2) is 12.1 Å². The van der Waals surface area contributed by atoms with Gasteiger partial charge in [-0.25, -0.2) is 4.79 Å². The standard InChI is InChI=1S/C14H19NO2/c1-3-8-13(4-2)15-14(16)17-11-12-9-6-5-7-10-12/h3,5-7,9-10,13H,1,4,8,11H2,2H3,(H,15,16)/t13-/m1/s1. The lowest BCUT2D eigenvalue weighted by molar-refractivity contribution is 0.135. The first kappa shape index (κ1) is 13.3. The molecule has 17 heavy (non-hydrogen) atoms. The molecule has 0 saturated carbocycles. The zero-order valence-corrected chi connectivity index (χ0v) is 10.2. The second-order valence-electron chi connectivity index (χ2n) is 3.84. The maximum Gasteiger partial charge on any atom is 0.407 e. The topological polar surface area (TPSA) is 38.3 Å². The molecule has 0 aliphatic carbocycles. The highest BCUT2D eigenvalue weighted by atomic mass is 16.5. The summed E-state index contributed by atoms with van der Waals surface area (Å²) in [6.45, 7) is 5.98. The maximum atomic E-state index is 11.5. The Balaban J connectivity index is 2.32. The SMILES string of the molecule is C=CC[C@@H](CC)NC(=O)OCc1ccccc1. The summed E-state index contributed by atoms with van der Waals surface area (Å²) in [5.41, 5.74) is 0.986. The van der Waals surface area contributed by atoms with Crippen LogP contribution in [0.5, 0.6) is 0 Å². The monoisotopic (exact) mass is 233 g/mol. The average molecular weight is 233 g/mol. The van der Waals surface area contributed by atoms with Gasteiger partial charge in [0, 0.05) is 6.04 Å². The number of hydrogen-bond acceptors (Lipinski definition) is 2. The van der Waals surface area contributed by atoms with Crippen molar-refractivity contribution in [3.8, 4) is 0 Å². The molecule has 1 atom stereocenters. The van der Waals surface area contributed by atoms with Crippen molar-refractivity contribution in [2.75, 3.05) is 0 Å². The number of benzene rings is 1. The van der Waals surface area contributed by atoms with Gasteiger partial charge >= 0.3 is 6.09 Å². The van der Waals surface area contributed by atoms with Gasteiger partial charge < -0.3 is 10.1 Å². The predicted octanol–water partition coefficient (Wildman–Crippen LogP) is 3.27. The van der Waals surface area contributed by atoms with Gasteiger partial charge in [-0.3, -0.25) is 0 Å². The van der Waals surface area contributed by atoms with E-state index in [1.807, 2.05) is 37.3 Å². The molecule has 0 fully saturated rings. The summed E-state index contributed by atoms with van der Waals surface area (Å²) in [6, 6.07) is 9.73. The molecule has 0 aliphatic rings. The summed E-state index contributed by atoms with van der Waals surface area (Å²) in [5, 5.41) is 2.81. The molecular weight excluding hydrogens is 214 g/mol. The normalized spacial score (nSPS) is 11.6. The zero-order valence-electron chi connectivity index (χ0n) is 10.2. The van der Waals surface area contributed by atoms with Gasteiger partial charge in [0.15, 0.2) is 0 Å². The highest BCUT2D eigenvalue weighted by molar-refractivity contribution is 5.67. The fourth-order valence-electron chi connectivity index (χ4n) is 1.46. The van der Waals surface area contributed by atoms with Crippen LogP contribution >= 0.6 is 0 Å². The van der Waals surface area contributed by atoms with Crippen molar-refractivity contribution in [3.63, 3.8) is 0 Å². The number of carbonyl (C=O) groups is 1. The molecule has 0 spiro atoms. The van der Waals surface area contributed by atoms with E-state index in [0.717, 1.165) is 18.4 Å². The molecular formula is C14H19NO2. The van der Waals surface area contributed by atoms with Crippen LogP contribution in [0.3, 0.4) is 0 Å². The second-order valence-corrected chi connectivity index (χ2v) is 3.84. The molecule has 0 aliphatic heterocycles. The lowest BCUT2D eigenvalue weighted by Gasteiger charge is -2.14. The number of hydrogen-bond donors (Lipinski definition) is 1. The van der Waals surface area contributed by atoms with Crippen molar-refractivity contribution < 1.29 is 9.53 Å². The number of alkyl carbamates (subject to hydrolysis) is 1. The molecule has 1 N–H and O–H groups in total. The van der Waals surface area contributed by atoms with Crippen LogP contribution < -0.4 is 5.32 Å². The summed E-state index contributed by atoms with van der Waals surface area (Å²) >= 11 is 0. The number of rotatable bonds is 6. The van der Waals surface area contributed by atoms with Crippen LogP contribution in [0.2, 0.25) is 0 Å². The van der Waals surface area contributed by atoms with Crippen molar-refractivity contribution in [1.82, 2.24) is 5.32 Å². The second kappa shape index (κ2) is 7.49. The van der Waals surface area contributed by atoms with E-state index in [9.17, 15) is 4.79 Å². The first-order valence-corrected chi connectivity index (χ1v) is 5.84. The quantitative estimate of drug-likeness (QED) is 0.766. The van der Waals surface area contributed by atoms with Crippen LogP contribution in [0.15, 0.2) is 43.0 Å². The minimum atomic E-state index is -0.373. The number of amides is 1. The first-order valence-electron chi connectivity index (χ1n) is 5.84. The van der Waals surface area contributed by atoms with Crippen LogP contribution in [0.25, 0.3) is 0 Å². The molecule has 0 saturated heterocycles. The average Bonchev–Trinajstić information content (AvgIpc) is 2.37. The van der Waals surface area contributed by atoms with Crippen molar-refractivity contribution in [1.29, 1.82) is 0 Å². The van der Waals surface area contributed by atoms with E-state index in [0.29, 0.717) is 6.61 Å². The Labute approximate surface area is 102 Å². The van der Waals surface area contributed by atoms with E-state index >= 15 is 0 Å². The van der Waals surface area contributed by atoms with E-state index in [1.165, 1.54) is 0 Å². The van der Waals surface area contributed by atoms with Gasteiger partial charge in [0.05, 0.1) is 0 Å². The molecule has 0 heterocycles. The van der Waals surface area contributed by atoms with Crippen molar-refractivity contribution in [2.45, 2.75) is 32.4 Å². The lowest BCUT2D eigenvalue weighted by atomic mass is 10.1. The zero-order chi connectivity index (χ0) is 12.5. The molecule has 1 aromatic rings. The minimum Gasteiger partial charge on any atom is -0.445 e. The largest absolute Gasteiger partial charge is 0.445 e. The highest BCUT2D eigenvalue weighted by Crippen LogP contribution is 2.02. The molecule has 3 heteroatoms. The van der Waals surface area contributed by atoms with Gasteiger partial charge in [0.1, 0.15) is 6.61 Å². The van der Waals surface area contributed by atoms with Crippen molar-refractivity contribution in [3.05, 3.63) is 48.6 Å². The third kappa shape index (κ3) is 5.20. The summed E-state index contributed by atoms with van der Waals surface area (Å²) in [4.78, 5) is 11.5. The Bertz CT molecular complexity index is 348. The van der Waals surface area contributed by atoms with E-state index in [-0.39, 0.29) is 12.1 Å². The Hall–Kier alpha value is -1.77. The number of nitrogens with one attached hydrogen (secondary N) is 1. The smallest absolute Gasteiger partial charge is 0.407 e. The van der Waals surface area contributed by atoms with Crippen molar-refractivity contribution in [2.24, 2.45) is 0 Å². The van der Waals surface area contributed by atoms with Gasteiger partial charge in [-0.15, -0.1) is 6.58 Å². The predicted molar refractivity (Wildman–Crippen MR) is 68.7 cm³/mol. The number of ether oxygens (including phenoxy) is 1. The highest BCUT2D eigenvalue weighted by Gasteiger charge is 2.09. The molecule has 1 amide bonds. The molecule has 92 valence electrons. The Kier molecular flexibility index (Phi) is 5.86. The van der Waals surface area contributed by atoms with Gasteiger partial charge in [-0.2, -0.15) is 0 Å². The third-order valence-corrected chi connectivity index (χ3v) is 2.48. The van der Waals surface area contributed by atoms with Crippen molar-refractivity contribution >= 4 is 6.09 Å². The maximum absolute atomic E-state index is 11.5. The van der Waals surface area contributed by atoms with E-state index in [1.54, 1.807) is 6.08 Å².